The van der Waals surface area contributed by atoms with E-state index in [0.29, 0.717) is 12.8 Å². The summed E-state index contributed by atoms with van der Waals surface area (Å²) >= 11 is 0. The van der Waals surface area contributed by atoms with Gasteiger partial charge in [0.15, 0.2) is 0 Å². The topological polar surface area (TPSA) is 35.5 Å². The highest BCUT2D eigenvalue weighted by Crippen LogP contribution is 2.47. The van der Waals surface area contributed by atoms with Crippen LogP contribution in [0.15, 0.2) is 84.9 Å². The van der Waals surface area contributed by atoms with Gasteiger partial charge in [0.25, 0.3) is 5.60 Å². The van der Waals surface area contributed by atoms with E-state index in [1.54, 1.807) is 12.1 Å². The Labute approximate surface area is 184 Å². The van der Waals surface area contributed by atoms with Gasteiger partial charge in [0.2, 0.25) is 0 Å². The van der Waals surface area contributed by atoms with Gasteiger partial charge in [0, 0.05) is 18.6 Å². The summed E-state index contributed by atoms with van der Waals surface area (Å²) in [6.07, 6.45) is -4.73. The van der Waals surface area contributed by atoms with Gasteiger partial charge in [-0.1, -0.05) is 84.9 Å². The maximum absolute atomic E-state index is 14.2. The lowest BCUT2D eigenvalue weighted by molar-refractivity contribution is -0.278. The number of carbonyl (C=O) groups is 1. The maximum atomic E-state index is 14.2. The van der Waals surface area contributed by atoms with Crippen molar-refractivity contribution in [2.24, 2.45) is 0 Å². The van der Waals surface area contributed by atoms with E-state index in [2.05, 4.69) is 0 Å². The molecule has 3 aromatic carbocycles. The molecule has 3 atom stereocenters. The van der Waals surface area contributed by atoms with Crippen molar-refractivity contribution in [2.75, 3.05) is 7.11 Å². The van der Waals surface area contributed by atoms with Crippen LogP contribution in [0.25, 0.3) is 0 Å². The van der Waals surface area contributed by atoms with Crippen molar-refractivity contribution in [1.82, 2.24) is 0 Å². The number of hydrogen-bond donors (Lipinski definition) is 0. The Balaban J connectivity index is 1.69. The number of hydrogen-bond acceptors (Lipinski definition) is 3. The predicted octanol–water partition coefficient (Wildman–Crippen LogP) is 6.30. The van der Waals surface area contributed by atoms with E-state index < -0.39 is 23.9 Å². The van der Waals surface area contributed by atoms with Gasteiger partial charge >= 0.3 is 12.1 Å². The van der Waals surface area contributed by atoms with E-state index in [1.807, 2.05) is 48.5 Å². The number of rotatable bonds is 5. The van der Waals surface area contributed by atoms with Gasteiger partial charge in [-0.25, -0.2) is 4.79 Å². The molecule has 1 aliphatic carbocycles. The van der Waals surface area contributed by atoms with Gasteiger partial charge in [-0.15, -0.1) is 0 Å². The second-order valence-corrected chi connectivity index (χ2v) is 7.81. The van der Waals surface area contributed by atoms with Crippen LogP contribution in [0.1, 0.15) is 47.1 Å². The summed E-state index contributed by atoms with van der Waals surface area (Å²) in [7, 11) is 0.877. The Bertz CT molecular complexity index is 1070. The minimum absolute atomic E-state index is 0.0891. The molecule has 0 amide bonds. The molecule has 1 aliphatic rings. The fraction of sp³-hybridized carbons (Fsp3) is 0.269. The number of benzene rings is 3. The van der Waals surface area contributed by atoms with Crippen LogP contribution < -0.4 is 0 Å². The lowest BCUT2D eigenvalue weighted by Gasteiger charge is -2.36. The highest BCUT2D eigenvalue weighted by Gasteiger charge is 2.64. The van der Waals surface area contributed by atoms with Gasteiger partial charge in [-0.2, -0.15) is 13.2 Å². The Morgan fingerprint density at radius 1 is 0.812 bits per heavy atom. The first-order valence-electron chi connectivity index (χ1n) is 10.4. The molecule has 3 aromatic rings. The standard InChI is InChI=1S/C26H23F3O3/c1-31-25(26(27,28)29,19-12-6-3-7-13-19)24(30)32-23-17-16-20(18-10-4-2-5-11-18)21-14-8-9-15-22(21)23/h2-15,20,23H,16-17H2,1H3/t20-,23-,25-/m1/s1. The van der Waals surface area contributed by atoms with Crippen LogP contribution in [0.5, 0.6) is 0 Å². The largest absolute Gasteiger partial charge is 0.455 e. The summed E-state index contributed by atoms with van der Waals surface area (Å²) in [5, 5.41) is 0. The van der Waals surface area contributed by atoms with Gasteiger partial charge in [0.1, 0.15) is 6.10 Å². The molecule has 0 saturated carbocycles. The third-order valence-electron chi connectivity index (χ3n) is 6.06. The van der Waals surface area contributed by atoms with Crippen molar-refractivity contribution in [1.29, 1.82) is 0 Å². The normalized spacial score (nSPS) is 20.1. The van der Waals surface area contributed by atoms with Crippen LogP contribution in [0, 0.1) is 0 Å². The smallest absolute Gasteiger partial charge is 0.432 e. The van der Waals surface area contributed by atoms with Crippen molar-refractivity contribution >= 4 is 5.97 Å². The van der Waals surface area contributed by atoms with Crippen molar-refractivity contribution in [2.45, 2.75) is 36.6 Å². The third-order valence-corrected chi connectivity index (χ3v) is 6.06. The lowest BCUT2D eigenvalue weighted by Crippen LogP contribution is -2.52. The molecular weight excluding hydrogens is 417 g/mol. The van der Waals surface area contributed by atoms with Crippen molar-refractivity contribution in [3.8, 4) is 0 Å². The molecule has 0 heterocycles. The Morgan fingerprint density at radius 2 is 1.38 bits per heavy atom. The van der Waals surface area contributed by atoms with Crippen LogP contribution in [-0.4, -0.2) is 19.3 Å². The first-order chi connectivity index (χ1) is 15.4. The van der Waals surface area contributed by atoms with E-state index in [4.69, 9.17) is 9.47 Å². The maximum Gasteiger partial charge on any atom is 0.432 e. The lowest BCUT2D eigenvalue weighted by atomic mass is 9.77. The molecule has 0 bridgehead atoms. The average Bonchev–Trinajstić information content (AvgIpc) is 2.80. The second-order valence-electron chi connectivity index (χ2n) is 7.81. The van der Waals surface area contributed by atoms with Crippen molar-refractivity contribution in [3.05, 3.63) is 107 Å². The second kappa shape index (κ2) is 8.79. The molecule has 0 aromatic heterocycles. The average molecular weight is 440 g/mol. The molecular formula is C26H23F3O3. The summed E-state index contributed by atoms with van der Waals surface area (Å²) in [5.74, 6) is -1.37. The summed E-state index contributed by atoms with van der Waals surface area (Å²) in [4.78, 5) is 13.1. The number of fused-ring (bicyclic) bond motifs is 1. The minimum Gasteiger partial charge on any atom is -0.455 e. The Hall–Kier alpha value is -3.12. The van der Waals surface area contributed by atoms with Crippen molar-refractivity contribution < 1.29 is 27.4 Å². The minimum atomic E-state index is -5.00. The molecule has 0 aliphatic heterocycles. The molecule has 3 nitrogen and oxygen atoms in total. The molecule has 166 valence electrons. The zero-order valence-corrected chi connectivity index (χ0v) is 17.5. The van der Waals surface area contributed by atoms with Crippen molar-refractivity contribution in [3.63, 3.8) is 0 Å². The van der Waals surface area contributed by atoms with E-state index in [1.165, 1.54) is 24.3 Å². The number of methoxy groups -OCH3 is 1. The first-order valence-corrected chi connectivity index (χ1v) is 10.4. The van der Waals surface area contributed by atoms with E-state index in [0.717, 1.165) is 23.8 Å². The SMILES string of the molecule is CO[C@@](C(=O)O[C@@H]1CC[C@H](c2ccccc2)c2ccccc21)(c1ccccc1)C(F)(F)F. The van der Waals surface area contributed by atoms with Crippen LogP contribution in [-0.2, 0) is 19.9 Å². The number of alkyl halides is 3. The fourth-order valence-electron chi connectivity index (χ4n) is 4.50. The fourth-order valence-corrected chi connectivity index (χ4v) is 4.50. The first kappa shape index (κ1) is 22.1. The molecule has 0 fully saturated rings. The molecule has 6 heteroatoms. The highest BCUT2D eigenvalue weighted by atomic mass is 19.4. The molecule has 32 heavy (non-hydrogen) atoms. The summed E-state index contributed by atoms with van der Waals surface area (Å²) in [6, 6.07) is 24.2. The zero-order chi connectivity index (χ0) is 22.8. The zero-order valence-electron chi connectivity index (χ0n) is 17.5. The monoisotopic (exact) mass is 440 g/mol. The number of esters is 1. The van der Waals surface area contributed by atoms with E-state index in [-0.39, 0.29) is 11.5 Å². The summed E-state index contributed by atoms with van der Waals surface area (Å²) < 4.78 is 53.1. The predicted molar refractivity (Wildman–Crippen MR) is 114 cm³/mol. The summed E-state index contributed by atoms with van der Waals surface area (Å²) in [6.45, 7) is 0. The molecule has 4 rings (SSSR count). The van der Waals surface area contributed by atoms with Crippen LogP contribution in [0.2, 0.25) is 0 Å². The van der Waals surface area contributed by atoms with E-state index >= 15 is 0 Å². The molecule has 0 unspecified atom stereocenters. The van der Waals surface area contributed by atoms with Gasteiger partial charge in [0.05, 0.1) is 0 Å². The summed E-state index contributed by atoms with van der Waals surface area (Å²) in [5.41, 5.74) is -0.708. The van der Waals surface area contributed by atoms with E-state index in [9.17, 15) is 18.0 Å². The van der Waals surface area contributed by atoms with Crippen LogP contribution in [0.3, 0.4) is 0 Å². The number of ether oxygens (including phenoxy) is 2. The highest BCUT2D eigenvalue weighted by molar-refractivity contribution is 5.83. The Kier molecular flexibility index (Phi) is 6.07. The third kappa shape index (κ3) is 3.79. The van der Waals surface area contributed by atoms with Crippen LogP contribution in [0.4, 0.5) is 13.2 Å². The Morgan fingerprint density at radius 3 is 1.97 bits per heavy atom. The van der Waals surface area contributed by atoms with Gasteiger partial charge in [-0.05, 0) is 29.5 Å². The quantitative estimate of drug-likeness (QED) is 0.437. The van der Waals surface area contributed by atoms with Gasteiger partial charge in [-0.3, -0.25) is 0 Å². The molecule has 0 spiro atoms. The number of carbonyl (C=O) groups excluding carboxylic acids is 1. The molecule has 0 N–H and O–H groups in total. The van der Waals surface area contributed by atoms with Crippen LogP contribution >= 0.6 is 0 Å². The molecule has 0 saturated heterocycles. The number of halogens is 3. The molecule has 0 radical (unpaired) electrons. The van der Waals surface area contributed by atoms with Gasteiger partial charge < -0.3 is 9.47 Å².